The molecule has 56 valence electrons. The maximum atomic E-state index is 8.52. The molecule has 0 unspecified atom stereocenters. The molecule has 0 radical (unpaired) electrons. The first-order valence-corrected chi connectivity index (χ1v) is 2.55. The Morgan fingerprint density at radius 3 is 1.09 bits per heavy atom. The average Bonchev–Trinajstić information content (AvgIpc) is 1.19. The molecule has 0 aromatic heterocycles. The maximum absolute atomic E-state index is 8.52. The molecule has 0 heterocycles. The zero-order valence-corrected chi connectivity index (χ0v) is 12.3. The van der Waals surface area contributed by atoms with Crippen molar-refractivity contribution in [1.82, 2.24) is 0 Å². The van der Waals surface area contributed by atoms with Gasteiger partial charge in [0.1, 0.15) is 0 Å². The Hall–Kier alpha value is 1.33. The molecule has 0 aliphatic rings. The second kappa shape index (κ2) is 11.3. The standard InChI is InChI=1S/K.NO3.H2O4S.Zn/c;2-1(3)4;1-5(2,3)4;/h;;(H2,1,2,3,4);/q+1;-1;;+2/p-2. The summed E-state index contributed by atoms with van der Waals surface area (Å²) >= 11 is 0. The van der Waals surface area contributed by atoms with Crippen LogP contribution >= 0.6 is 0 Å². The summed E-state index contributed by atoms with van der Waals surface area (Å²) in [6.07, 6.45) is 0. The van der Waals surface area contributed by atoms with Gasteiger partial charge < -0.3 is 24.4 Å². The smallest absolute Gasteiger partial charge is 0.759 e. The van der Waals surface area contributed by atoms with Crippen molar-refractivity contribution in [2.24, 2.45) is 0 Å². The van der Waals surface area contributed by atoms with Crippen LogP contribution in [0.15, 0.2) is 0 Å². The molecule has 0 atom stereocenters. The van der Waals surface area contributed by atoms with Gasteiger partial charge in [0.05, 0.1) is 5.09 Å². The van der Waals surface area contributed by atoms with E-state index in [2.05, 4.69) is 0 Å². The van der Waals surface area contributed by atoms with Gasteiger partial charge in [-0.05, 0) is 0 Å². The van der Waals surface area contributed by atoms with E-state index in [0.29, 0.717) is 0 Å². The number of nitrogens with zero attached hydrogens (tertiary/aromatic N) is 1. The fraction of sp³-hybridized carbons (Fsp3) is 0. The maximum Gasteiger partial charge on any atom is 2.00 e. The van der Waals surface area contributed by atoms with E-state index in [1.165, 1.54) is 0 Å². The Labute approximate surface area is 117 Å². The largest absolute Gasteiger partial charge is 2.00 e. The Bertz CT molecular complexity index is 161. The zero-order valence-electron chi connectivity index (χ0n) is 5.42. The van der Waals surface area contributed by atoms with Crippen molar-refractivity contribution in [3.05, 3.63) is 15.3 Å². The van der Waals surface area contributed by atoms with Gasteiger partial charge in [0, 0.05) is 10.4 Å². The summed E-state index contributed by atoms with van der Waals surface area (Å²) in [7, 11) is -5.17. The van der Waals surface area contributed by atoms with Crippen molar-refractivity contribution in [1.29, 1.82) is 0 Å². The summed E-state index contributed by atoms with van der Waals surface area (Å²) in [6.45, 7) is 0. The molecule has 0 saturated carbocycles. The first kappa shape index (κ1) is 22.8. The topological polar surface area (TPSA) is 146 Å². The van der Waals surface area contributed by atoms with E-state index in [0.717, 1.165) is 0 Å². The molecule has 0 fully saturated rings. The van der Waals surface area contributed by atoms with Gasteiger partial charge in [-0.2, -0.15) is 0 Å². The van der Waals surface area contributed by atoms with Gasteiger partial charge in [0.15, 0.2) is 0 Å². The first-order valence-electron chi connectivity index (χ1n) is 1.21. The van der Waals surface area contributed by atoms with Crippen LogP contribution in [-0.2, 0) is 29.9 Å². The van der Waals surface area contributed by atoms with Gasteiger partial charge in [0.25, 0.3) is 0 Å². The molecule has 0 bridgehead atoms. The minimum atomic E-state index is -5.17. The Kier molecular flexibility index (Phi) is 23.5. The number of hydrogen-bond donors (Lipinski definition) is 0. The van der Waals surface area contributed by atoms with Crippen LogP contribution < -0.4 is 51.4 Å². The van der Waals surface area contributed by atoms with E-state index in [1.807, 2.05) is 0 Å². The summed E-state index contributed by atoms with van der Waals surface area (Å²) in [5.74, 6) is 0. The fourth-order valence-electron chi connectivity index (χ4n) is 0. The summed E-state index contributed by atoms with van der Waals surface area (Å²) in [5, 5.41) is 14.8. The predicted octanol–water partition coefficient (Wildman–Crippen LogP) is -4.58. The van der Waals surface area contributed by atoms with E-state index in [9.17, 15) is 0 Å². The third kappa shape index (κ3) is 558. The fourth-order valence-corrected chi connectivity index (χ4v) is 0. The first-order chi connectivity index (χ1) is 3.73. The van der Waals surface area contributed by atoms with Crippen LogP contribution in [0, 0.1) is 15.3 Å². The molecule has 0 aromatic carbocycles. The van der Waals surface area contributed by atoms with Gasteiger partial charge >= 0.3 is 70.9 Å². The molecule has 0 aliphatic carbocycles. The Morgan fingerprint density at radius 1 is 1.09 bits per heavy atom. The minimum Gasteiger partial charge on any atom is -0.759 e. The molecule has 0 spiro atoms. The van der Waals surface area contributed by atoms with Crippen LogP contribution in [-0.4, -0.2) is 22.6 Å². The second-order valence-corrected chi connectivity index (χ2v) is 1.45. The molecular formula is KNO7SZn. The minimum absolute atomic E-state index is 0. The average molecular weight is 263 g/mol. The second-order valence-electron chi connectivity index (χ2n) is 0.632. The molecule has 11 heavy (non-hydrogen) atoms. The molecule has 0 aromatic rings. The van der Waals surface area contributed by atoms with Crippen molar-refractivity contribution in [2.45, 2.75) is 0 Å². The molecule has 11 heteroatoms. The van der Waals surface area contributed by atoms with E-state index in [-0.39, 0.29) is 70.9 Å². The van der Waals surface area contributed by atoms with Crippen LogP contribution in [0.4, 0.5) is 0 Å². The van der Waals surface area contributed by atoms with Gasteiger partial charge in [0.2, 0.25) is 0 Å². The quantitative estimate of drug-likeness (QED) is 0.140. The van der Waals surface area contributed by atoms with Crippen LogP contribution in [0.1, 0.15) is 0 Å². The van der Waals surface area contributed by atoms with E-state index < -0.39 is 15.5 Å². The SMILES string of the molecule is O=S(=O)([O-])[O-].O=[N+]([O-])[O-].[K+].[Zn+2]. The monoisotopic (exact) mass is 261 g/mol. The van der Waals surface area contributed by atoms with Gasteiger partial charge in [-0.15, -0.1) is 0 Å². The van der Waals surface area contributed by atoms with Crippen LogP contribution in [0.5, 0.6) is 0 Å². The van der Waals surface area contributed by atoms with Gasteiger partial charge in [-0.3, -0.25) is 8.42 Å². The summed E-state index contributed by atoms with van der Waals surface area (Å²) in [6, 6.07) is 0. The normalized spacial score (nSPS) is 7.45. The van der Waals surface area contributed by atoms with E-state index in [1.54, 1.807) is 0 Å². The number of hydrogen-bond acceptors (Lipinski definition) is 7. The number of rotatable bonds is 0. The van der Waals surface area contributed by atoms with Crippen molar-refractivity contribution in [3.63, 3.8) is 0 Å². The zero-order chi connectivity index (χ0) is 8.08. The Balaban J connectivity index is -0.0000000383. The summed E-state index contributed by atoms with van der Waals surface area (Å²) in [5.41, 5.74) is 0. The summed E-state index contributed by atoms with van der Waals surface area (Å²) < 4.78 is 34.1. The predicted molar refractivity (Wildman–Crippen MR) is 20.8 cm³/mol. The van der Waals surface area contributed by atoms with Gasteiger partial charge in [-0.25, -0.2) is 0 Å². The van der Waals surface area contributed by atoms with Crippen LogP contribution in [0.25, 0.3) is 0 Å². The van der Waals surface area contributed by atoms with E-state index >= 15 is 0 Å². The van der Waals surface area contributed by atoms with Crippen molar-refractivity contribution in [3.8, 4) is 0 Å². The summed E-state index contributed by atoms with van der Waals surface area (Å²) in [4.78, 5) is 8.25. The van der Waals surface area contributed by atoms with Crippen molar-refractivity contribution in [2.75, 3.05) is 0 Å². The van der Waals surface area contributed by atoms with Crippen LogP contribution in [0.2, 0.25) is 0 Å². The molecular weight excluding hydrogens is 263 g/mol. The molecule has 0 aliphatic heterocycles. The van der Waals surface area contributed by atoms with Crippen LogP contribution in [0.3, 0.4) is 0 Å². The molecule has 0 amide bonds. The molecule has 0 saturated heterocycles. The molecule has 8 nitrogen and oxygen atoms in total. The van der Waals surface area contributed by atoms with E-state index in [4.69, 9.17) is 32.8 Å². The molecule has 0 N–H and O–H groups in total. The van der Waals surface area contributed by atoms with Crippen molar-refractivity contribution < 1.29 is 93.5 Å². The van der Waals surface area contributed by atoms with Crippen molar-refractivity contribution >= 4 is 10.4 Å². The van der Waals surface area contributed by atoms with Gasteiger partial charge in [-0.1, -0.05) is 0 Å². The Morgan fingerprint density at radius 2 is 1.09 bits per heavy atom. The molecule has 0 rings (SSSR count). The third-order valence-electron chi connectivity index (χ3n) is 0. The third-order valence-corrected chi connectivity index (χ3v) is 0.